The minimum absolute atomic E-state index is 0.0775. The fourth-order valence-electron chi connectivity index (χ4n) is 3.71. The number of piperidine rings is 1. The first-order valence-electron chi connectivity index (χ1n) is 8.25. The van der Waals surface area contributed by atoms with Gasteiger partial charge in [0, 0.05) is 22.1 Å². The summed E-state index contributed by atoms with van der Waals surface area (Å²) in [4.78, 5) is 24.6. The molecular formula is C18H25Cl2N3O2. The molecule has 1 saturated heterocycles. The van der Waals surface area contributed by atoms with Crippen LogP contribution >= 0.6 is 23.2 Å². The zero-order valence-electron chi connectivity index (χ0n) is 15.2. The van der Waals surface area contributed by atoms with Gasteiger partial charge in [-0.1, -0.05) is 23.2 Å². The minimum Gasteiger partial charge on any atom is -0.345 e. The third-order valence-corrected chi connectivity index (χ3v) is 4.74. The van der Waals surface area contributed by atoms with Gasteiger partial charge in [-0.3, -0.25) is 9.59 Å². The molecule has 0 atom stereocenters. The number of carbonyl (C=O) groups is 2. The van der Waals surface area contributed by atoms with Crippen molar-refractivity contribution < 1.29 is 9.59 Å². The van der Waals surface area contributed by atoms with E-state index in [2.05, 4.69) is 43.6 Å². The van der Waals surface area contributed by atoms with Crippen molar-refractivity contribution in [2.24, 2.45) is 0 Å². The SMILES string of the molecule is Cc1cc(Cl)cc(Cl)c1NC(=O)C(=O)NC1CC(C)(C)NC(C)(C)C1. The maximum absolute atomic E-state index is 12.3. The Bertz CT molecular complexity index is 663. The first-order valence-corrected chi connectivity index (χ1v) is 9.01. The van der Waals surface area contributed by atoms with E-state index in [0.717, 1.165) is 12.8 Å². The van der Waals surface area contributed by atoms with E-state index < -0.39 is 11.8 Å². The normalized spacial score (nSPS) is 19.3. The van der Waals surface area contributed by atoms with E-state index in [-0.39, 0.29) is 17.1 Å². The van der Waals surface area contributed by atoms with Crippen LogP contribution < -0.4 is 16.0 Å². The van der Waals surface area contributed by atoms with Crippen LogP contribution in [0.2, 0.25) is 10.0 Å². The van der Waals surface area contributed by atoms with Crippen LogP contribution in [0.5, 0.6) is 0 Å². The molecule has 1 aliphatic rings. The number of rotatable bonds is 2. The molecule has 2 rings (SSSR count). The van der Waals surface area contributed by atoms with Crippen LogP contribution in [0.3, 0.4) is 0 Å². The molecule has 3 N–H and O–H groups in total. The van der Waals surface area contributed by atoms with Gasteiger partial charge in [-0.15, -0.1) is 0 Å². The summed E-state index contributed by atoms with van der Waals surface area (Å²) in [5.41, 5.74) is 0.860. The number of benzene rings is 1. The van der Waals surface area contributed by atoms with Gasteiger partial charge >= 0.3 is 11.8 Å². The van der Waals surface area contributed by atoms with Gasteiger partial charge in [0.05, 0.1) is 10.7 Å². The number of anilines is 1. The Balaban J connectivity index is 2.05. The minimum atomic E-state index is -0.735. The highest BCUT2D eigenvalue weighted by atomic mass is 35.5. The first-order chi connectivity index (χ1) is 11.4. The van der Waals surface area contributed by atoms with Crippen molar-refractivity contribution in [1.29, 1.82) is 0 Å². The molecule has 1 fully saturated rings. The van der Waals surface area contributed by atoms with Gasteiger partial charge < -0.3 is 16.0 Å². The zero-order valence-corrected chi connectivity index (χ0v) is 16.7. The molecule has 0 aliphatic carbocycles. The molecule has 5 nitrogen and oxygen atoms in total. The molecule has 0 bridgehead atoms. The molecule has 0 unspecified atom stereocenters. The lowest BCUT2D eigenvalue weighted by atomic mass is 9.79. The molecule has 1 aliphatic heterocycles. The van der Waals surface area contributed by atoms with Crippen molar-refractivity contribution in [1.82, 2.24) is 10.6 Å². The van der Waals surface area contributed by atoms with E-state index in [0.29, 0.717) is 21.3 Å². The highest BCUT2D eigenvalue weighted by Gasteiger charge is 2.38. The second-order valence-electron chi connectivity index (χ2n) is 8.01. The Labute approximate surface area is 158 Å². The van der Waals surface area contributed by atoms with Crippen LogP contribution in [-0.2, 0) is 9.59 Å². The van der Waals surface area contributed by atoms with E-state index in [4.69, 9.17) is 23.2 Å². The summed E-state index contributed by atoms with van der Waals surface area (Å²) in [6.07, 6.45) is 1.49. The topological polar surface area (TPSA) is 70.2 Å². The Kier molecular flexibility index (Phi) is 5.71. The van der Waals surface area contributed by atoms with E-state index in [1.165, 1.54) is 6.07 Å². The van der Waals surface area contributed by atoms with Gasteiger partial charge in [-0.25, -0.2) is 0 Å². The van der Waals surface area contributed by atoms with Crippen LogP contribution in [0, 0.1) is 6.92 Å². The fraction of sp³-hybridized carbons (Fsp3) is 0.556. The average molecular weight is 386 g/mol. The highest BCUT2D eigenvalue weighted by molar-refractivity contribution is 6.42. The molecule has 0 spiro atoms. The molecule has 138 valence electrons. The Morgan fingerprint density at radius 2 is 1.64 bits per heavy atom. The van der Waals surface area contributed by atoms with Crippen molar-refractivity contribution in [3.05, 3.63) is 27.7 Å². The van der Waals surface area contributed by atoms with Crippen molar-refractivity contribution in [3.8, 4) is 0 Å². The average Bonchev–Trinajstić information content (AvgIpc) is 2.38. The molecule has 1 aromatic rings. The number of hydrogen-bond donors (Lipinski definition) is 3. The number of amides is 2. The summed E-state index contributed by atoms with van der Waals surface area (Å²) >= 11 is 12.0. The van der Waals surface area contributed by atoms with Gasteiger partial charge in [-0.05, 0) is 65.2 Å². The van der Waals surface area contributed by atoms with Gasteiger partial charge in [0.25, 0.3) is 0 Å². The summed E-state index contributed by atoms with van der Waals surface area (Å²) < 4.78 is 0. The summed E-state index contributed by atoms with van der Waals surface area (Å²) in [7, 11) is 0. The van der Waals surface area contributed by atoms with Crippen LogP contribution in [0.15, 0.2) is 12.1 Å². The van der Waals surface area contributed by atoms with Crippen molar-refractivity contribution in [3.63, 3.8) is 0 Å². The van der Waals surface area contributed by atoms with Gasteiger partial charge in [0.1, 0.15) is 0 Å². The summed E-state index contributed by atoms with van der Waals surface area (Å²) in [5.74, 6) is -1.40. The van der Waals surface area contributed by atoms with Crippen LogP contribution in [-0.4, -0.2) is 28.9 Å². The molecule has 7 heteroatoms. The highest BCUT2D eigenvalue weighted by Crippen LogP contribution is 2.30. The predicted molar refractivity (Wildman–Crippen MR) is 102 cm³/mol. The summed E-state index contributed by atoms with van der Waals surface area (Å²) in [6.45, 7) is 10.1. The Morgan fingerprint density at radius 1 is 1.08 bits per heavy atom. The number of nitrogens with one attached hydrogen (secondary N) is 3. The largest absolute Gasteiger partial charge is 0.345 e. The van der Waals surface area contributed by atoms with E-state index >= 15 is 0 Å². The maximum Gasteiger partial charge on any atom is 0.313 e. The third-order valence-electron chi connectivity index (χ3n) is 4.22. The van der Waals surface area contributed by atoms with Crippen LogP contribution in [0.4, 0.5) is 5.69 Å². The molecule has 2 amide bonds. The van der Waals surface area contributed by atoms with Crippen molar-refractivity contribution in [2.75, 3.05) is 5.32 Å². The van der Waals surface area contributed by atoms with Crippen molar-refractivity contribution >= 4 is 40.7 Å². The summed E-state index contributed by atoms with van der Waals surface area (Å²) in [5, 5.41) is 9.74. The zero-order chi connectivity index (χ0) is 19.0. The maximum atomic E-state index is 12.3. The molecular weight excluding hydrogens is 361 g/mol. The lowest BCUT2D eigenvalue weighted by Gasteiger charge is -2.46. The molecule has 25 heavy (non-hydrogen) atoms. The van der Waals surface area contributed by atoms with Crippen LogP contribution in [0.1, 0.15) is 46.1 Å². The van der Waals surface area contributed by atoms with Gasteiger partial charge in [0.15, 0.2) is 0 Å². The Morgan fingerprint density at radius 3 is 2.16 bits per heavy atom. The smallest absolute Gasteiger partial charge is 0.313 e. The van der Waals surface area contributed by atoms with Crippen LogP contribution in [0.25, 0.3) is 0 Å². The van der Waals surface area contributed by atoms with Crippen molar-refractivity contribution in [2.45, 2.75) is 64.6 Å². The molecule has 0 aromatic heterocycles. The summed E-state index contributed by atoms with van der Waals surface area (Å²) in [6, 6.07) is 3.13. The lowest BCUT2D eigenvalue weighted by Crippen LogP contribution is -2.62. The first kappa shape index (κ1) is 20.0. The lowest BCUT2D eigenvalue weighted by molar-refractivity contribution is -0.137. The van der Waals surface area contributed by atoms with Gasteiger partial charge in [-0.2, -0.15) is 0 Å². The second kappa shape index (κ2) is 7.14. The second-order valence-corrected chi connectivity index (χ2v) is 8.85. The van der Waals surface area contributed by atoms with E-state index in [1.807, 2.05) is 0 Å². The predicted octanol–water partition coefficient (Wildman–Crippen LogP) is 3.67. The fourth-order valence-corrected chi connectivity index (χ4v) is 4.35. The molecule has 0 radical (unpaired) electrons. The number of carbonyl (C=O) groups excluding carboxylic acids is 2. The molecule has 1 aromatic carbocycles. The van der Waals surface area contributed by atoms with Gasteiger partial charge in [0.2, 0.25) is 0 Å². The quantitative estimate of drug-likeness (QED) is 0.680. The third kappa shape index (κ3) is 5.33. The number of halogens is 2. The standard InChI is InChI=1S/C18H25Cl2N3O2/c1-10-6-11(19)7-13(20)14(10)22-16(25)15(24)21-12-8-17(2,3)23-18(4,5)9-12/h6-7,12,23H,8-9H2,1-5H3,(H,21,24)(H,22,25). The Hall–Kier alpha value is -1.30. The van der Waals surface area contributed by atoms with E-state index in [9.17, 15) is 9.59 Å². The number of hydrogen-bond acceptors (Lipinski definition) is 3. The monoisotopic (exact) mass is 385 g/mol. The number of aryl methyl sites for hydroxylation is 1. The van der Waals surface area contributed by atoms with E-state index in [1.54, 1.807) is 13.0 Å². The molecule has 1 heterocycles. The molecule has 0 saturated carbocycles.